The summed E-state index contributed by atoms with van der Waals surface area (Å²) in [6.07, 6.45) is 5.01. The number of nitrogens with one attached hydrogen (secondary N) is 1. The fourth-order valence-electron chi connectivity index (χ4n) is 1.94. The summed E-state index contributed by atoms with van der Waals surface area (Å²) in [7, 11) is 0. The van der Waals surface area contributed by atoms with E-state index in [4.69, 9.17) is 0 Å². The lowest BCUT2D eigenvalue weighted by atomic mass is 10.1. The number of benzene rings is 1. The van der Waals surface area contributed by atoms with Gasteiger partial charge in [-0.3, -0.25) is 4.98 Å². The Morgan fingerprint density at radius 3 is 3.00 bits per heavy atom. The maximum atomic E-state index is 4.16. The van der Waals surface area contributed by atoms with Crippen molar-refractivity contribution in [2.75, 3.05) is 6.54 Å². The fraction of sp³-hybridized carbons (Fsp3) is 0.400. The summed E-state index contributed by atoms with van der Waals surface area (Å²) in [5, 5.41) is 6.05. The number of fused-ring (bicyclic) bond motifs is 1. The molecule has 1 aromatic heterocycles. The average Bonchev–Trinajstić information content (AvgIpc) is 2.39. The van der Waals surface area contributed by atoms with Crippen LogP contribution in [0.3, 0.4) is 0 Å². The van der Waals surface area contributed by atoms with Crippen LogP contribution in [-0.2, 0) is 6.54 Å². The number of aromatic nitrogens is 1. The van der Waals surface area contributed by atoms with E-state index in [1.807, 2.05) is 12.4 Å². The molecule has 1 N–H and O–H groups in total. The Hall–Kier alpha value is -1.41. The Bertz CT molecular complexity index is 474. The second-order valence-electron chi connectivity index (χ2n) is 4.66. The lowest BCUT2D eigenvalue weighted by Gasteiger charge is -2.11. The fourth-order valence-corrected chi connectivity index (χ4v) is 1.94. The molecule has 1 atom stereocenters. The first kappa shape index (κ1) is 12.1. The summed E-state index contributed by atoms with van der Waals surface area (Å²) >= 11 is 0. The van der Waals surface area contributed by atoms with Gasteiger partial charge in [0.1, 0.15) is 0 Å². The van der Waals surface area contributed by atoms with Crippen LogP contribution in [0.25, 0.3) is 10.8 Å². The molecule has 0 aliphatic carbocycles. The third-order valence-electron chi connectivity index (χ3n) is 3.28. The Kier molecular flexibility index (Phi) is 4.10. The second-order valence-corrected chi connectivity index (χ2v) is 4.66. The summed E-state index contributed by atoms with van der Waals surface area (Å²) in [5.41, 5.74) is 1.35. The standard InChI is InChI=1S/C15H20N2/c1-3-12(2)9-17-11-14-6-4-5-13-10-16-8-7-15(13)14/h4-8,10,12,17H,3,9,11H2,1-2H3. The van der Waals surface area contributed by atoms with Crippen LogP contribution in [0.5, 0.6) is 0 Å². The van der Waals surface area contributed by atoms with E-state index in [0.717, 1.165) is 19.0 Å². The van der Waals surface area contributed by atoms with Gasteiger partial charge in [-0.15, -0.1) is 0 Å². The van der Waals surface area contributed by atoms with Crippen molar-refractivity contribution in [3.63, 3.8) is 0 Å². The van der Waals surface area contributed by atoms with Crippen LogP contribution in [0.15, 0.2) is 36.7 Å². The zero-order valence-corrected chi connectivity index (χ0v) is 10.6. The van der Waals surface area contributed by atoms with E-state index in [1.165, 1.54) is 22.8 Å². The Morgan fingerprint density at radius 1 is 1.29 bits per heavy atom. The third kappa shape index (κ3) is 3.04. The molecule has 0 saturated carbocycles. The van der Waals surface area contributed by atoms with Gasteiger partial charge in [-0.2, -0.15) is 0 Å². The molecule has 1 heterocycles. The smallest absolute Gasteiger partial charge is 0.0346 e. The molecular formula is C15H20N2. The number of rotatable bonds is 5. The molecule has 17 heavy (non-hydrogen) atoms. The topological polar surface area (TPSA) is 24.9 Å². The predicted octanol–water partition coefficient (Wildman–Crippen LogP) is 3.37. The van der Waals surface area contributed by atoms with E-state index in [2.05, 4.69) is 48.4 Å². The normalized spacial score (nSPS) is 12.8. The van der Waals surface area contributed by atoms with Crippen molar-refractivity contribution in [1.29, 1.82) is 0 Å². The van der Waals surface area contributed by atoms with Crippen LogP contribution in [0.4, 0.5) is 0 Å². The molecule has 2 aromatic rings. The highest BCUT2D eigenvalue weighted by atomic mass is 14.9. The van der Waals surface area contributed by atoms with Gasteiger partial charge in [0.05, 0.1) is 0 Å². The Morgan fingerprint density at radius 2 is 2.18 bits per heavy atom. The number of nitrogens with zero attached hydrogens (tertiary/aromatic N) is 1. The zero-order valence-electron chi connectivity index (χ0n) is 10.6. The van der Waals surface area contributed by atoms with Gasteiger partial charge in [0.25, 0.3) is 0 Å². The van der Waals surface area contributed by atoms with Crippen molar-refractivity contribution in [3.05, 3.63) is 42.2 Å². The third-order valence-corrected chi connectivity index (χ3v) is 3.28. The van der Waals surface area contributed by atoms with E-state index in [0.29, 0.717) is 0 Å². The minimum Gasteiger partial charge on any atom is -0.312 e. The summed E-state index contributed by atoms with van der Waals surface area (Å²) in [4.78, 5) is 4.16. The highest BCUT2D eigenvalue weighted by Gasteiger charge is 2.01. The van der Waals surface area contributed by atoms with E-state index < -0.39 is 0 Å². The highest BCUT2D eigenvalue weighted by Crippen LogP contribution is 2.17. The maximum Gasteiger partial charge on any atom is 0.0346 e. The van der Waals surface area contributed by atoms with Crippen molar-refractivity contribution in [1.82, 2.24) is 10.3 Å². The first-order valence-electron chi connectivity index (χ1n) is 6.33. The van der Waals surface area contributed by atoms with Gasteiger partial charge in [-0.1, -0.05) is 38.5 Å². The number of hydrogen-bond donors (Lipinski definition) is 1. The molecule has 1 unspecified atom stereocenters. The molecule has 0 aliphatic rings. The van der Waals surface area contributed by atoms with Crippen molar-refractivity contribution < 1.29 is 0 Å². The Labute approximate surface area is 103 Å². The van der Waals surface area contributed by atoms with Crippen LogP contribution in [0.1, 0.15) is 25.8 Å². The minimum atomic E-state index is 0.742. The largest absolute Gasteiger partial charge is 0.312 e. The van der Waals surface area contributed by atoms with E-state index >= 15 is 0 Å². The Balaban J connectivity index is 2.08. The molecule has 0 amide bonds. The summed E-state index contributed by atoms with van der Waals surface area (Å²) in [6, 6.07) is 8.49. The van der Waals surface area contributed by atoms with Crippen LogP contribution in [-0.4, -0.2) is 11.5 Å². The quantitative estimate of drug-likeness (QED) is 0.848. The molecule has 0 radical (unpaired) electrons. The SMILES string of the molecule is CCC(C)CNCc1cccc2cnccc12. The van der Waals surface area contributed by atoms with Gasteiger partial charge in [0.2, 0.25) is 0 Å². The first-order valence-corrected chi connectivity index (χ1v) is 6.33. The number of pyridine rings is 1. The average molecular weight is 228 g/mol. The molecule has 2 heteroatoms. The number of hydrogen-bond acceptors (Lipinski definition) is 2. The molecule has 0 spiro atoms. The maximum absolute atomic E-state index is 4.16. The minimum absolute atomic E-state index is 0.742. The van der Waals surface area contributed by atoms with Crippen molar-refractivity contribution in [3.8, 4) is 0 Å². The molecule has 90 valence electrons. The van der Waals surface area contributed by atoms with Crippen LogP contribution < -0.4 is 5.32 Å². The predicted molar refractivity (Wildman–Crippen MR) is 72.9 cm³/mol. The summed E-state index contributed by atoms with van der Waals surface area (Å²) in [6.45, 7) is 6.53. The second kappa shape index (κ2) is 5.78. The van der Waals surface area contributed by atoms with Gasteiger partial charge in [-0.25, -0.2) is 0 Å². The molecule has 1 aromatic carbocycles. The first-order chi connectivity index (χ1) is 8.31. The molecule has 0 fully saturated rings. The molecule has 0 aliphatic heterocycles. The van der Waals surface area contributed by atoms with Crippen LogP contribution >= 0.6 is 0 Å². The molecule has 0 bridgehead atoms. The van der Waals surface area contributed by atoms with Crippen molar-refractivity contribution >= 4 is 10.8 Å². The molecular weight excluding hydrogens is 208 g/mol. The van der Waals surface area contributed by atoms with Gasteiger partial charge < -0.3 is 5.32 Å². The lowest BCUT2D eigenvalue weighted by Crippen LogP contribution is -2.20. The summed E-state index contributed by atoms with van der Waals surface area (Å²) in [5.74, 6) is 0.742. The van der Waals surface area contributed by atoms with E-state index in [9.17, 15) is 0 Å². The molecule has 2 rings (SSSR count). The van der Waals surface area contributed by atoms with Crippen LogP contribution in [0.2, 0.25) is 0 Å². The zero-order chi connectivity index (χ0) is 12.1. The van der Waals surface area contributed by atoms with E-state index in [1.54, 1.807) is 0 Å². The van der Waals surface area contributed by atoms with E-state index in [-0.39, 0.29) is 0 Å². The summed E-state index contributed by atoms with van der Waals surface area (Å²) < 4.78 is 0. The molecule has 0 saturated heterocycles. The van der Waals surface area contributed by atoms with Crippen molar-refractivity contribution in [2.45, 2.75) is 26.8 Å². The highest BCUT2D eigenvalue weighted by molar-refractivity contribution is 5.84. The van der Waals surface area contributed by atoms with Crippen LogP contribution in [0, 0.1) is 5.92 Å². The van der Waals surface area contributed by atoms with Crippen molar-refractivity contribution in [2.24, 2.45) is 5.92 Å². The lowest BCUT2D eigenvalue weighted by molar-refractivity contribution is 0.500. The van der Waals surface area contributed by atoms with Gasteiger partial charge >= 0.3 is 0 Å². The van der Waals surface area contributed by atoms with Gasteiger partial charge in [0, 0.05) is 24.3 Å². The molecule has 2 nitrogen and oxygen atoms in total. The van der Waals surface area contributed by atoms with Gasteiger partial charge in [-0.05, 0) is 29.5 Å². The monoisotopic (exact) mass is 228 g/mol. The van der Waals surface area contributed by atoms with Gasteiger partial charge in [0.15, 0.2) is 0 Å².